The van der Waals surface area contributed by atoms with Crippen molar-refractivity contribution in [1.82, 2.24) is 20.1 Å². The Labute approximate surface area is 111 Å². The summed E-state index contributed by atoms with van der Waals surface area (Å²) in [5, 5.41) is 12.5. The Hall–Kier alpha value is -1.39. The second-order valence-corrected chi connectivity index (χ2v) is 5.08. The zero-order valence-corrected chi connectivity index (χ0v) is 11.0. The van der Waals surface area contributed by atoms with Gasteiger partial charge in [-0.2, -0.15) is 0 Å². The van der Waals surface area contributed by atoms with E-state index in [0.717, 1.165) is 35.1 Å². The van der Waals surface area contributed by atoms with E-state index in [9.17, 15) is 0 Å². The van der Waals surface area contributed by atoms with E-state index in [1.54, 1.807) is 6.33 Å². The maximum absolute atomic E-state index is 5.99. The molecule has 0 saturated carbocycles. The molecule has 3 rings (SSSR count). The third kappa shape index (κ3) is 2.02. The van der Waals surface area contributed by atoms with Gasteiger partial charge in [-0.3, -0.25) is 4.57 Å². The number of aromatic nitrogens is 3. The van der Waals surface area contributed by atoms with E-state index in [0.29, 0.717) is 6.04 Å². The molecule has 1 N–H and O–H groups in total. The Morgan fingerprint density at radius 3 is 3.06 bits per heavy atom. The molecule has 0 amide bonds. The number of rotatable bonds is 2. The molecule has 1 unspecified atom stereocenters. The minimum absolute atomic E-state index is 0.308. The van der Waals surface area contributed by atoms with Crippen LogP contribution < -0.4 is 5.32 Å². The van der Waals surface area contributed by atoms with Gasteiger partial charge in [0, 0.05) is 5.02 Å². The molecule has 0 spiro atoms. The molecule has 0 radical (unpaired) electrons. The summed E-state index contributed by atoms with van der Waals surface area (Å²) in [5.41, 5.74) is 2.22. The fourth-order valence-electron chi connectivity index (χ4n) is 2.46. The molecule has 94 valence electrons. The summed E-state index contributed by atoms with van der Waals surface area (Å²) in [6, 6.07) is 6.18. The molecule has 18 heavy (non-hydrogen) atoms. The molecule has 0 aliphatic carbocycles. The third-order valence-corrected chi connectivity index (χ3v) is 3.60. The normalized spacial score (nSPS) is 19.3. The molecule has 1 aliphatic rings. The van der Waals surface area contributed by atoms with Gasteiger partial charge in [-0.15, -0.1) is 10.2 Å². The van der Waals surface area contributed by atoms with Gasteiger partial charge in [-0.05, 0) is 50.1 Å². The van der Waals surface area contributed by atoms with Crippen LogP contribution in [0.5, 0.6) is 0 Å². The number of nitrogens with one attached hydrogen (secondary N) is 1. The van der Waals surface area contributed by atoms with E-state index < -0.39 is 0 Å². The van der Waals surface area contributed by atoms with Crippen molar-refractivity contribution in [2.45, 2.75) is 25.8 Å². The van der Waals surface area contributed by atoms with Gasteiger partial charge in [0.2, 0.25) is 0 Å². The molecular weight excluding hydrogens is 248 g/mol. The summed E-state index contributed by atoms with van der Waals surface area (Å²) in [7, 11) is 0. The van der Waals surface area contributed by atoms with Crippen molar-refractivity contribution >= 4 is 11.6 Å². The second kappa shape index (κ2) is 4.71. The van der Waals surface area contributed by atoms with Gasteiger partial charge in [0.1, 0.15) is 6.33 Å². The van der Waals surface area contributed by atoms with Gasteiger partial charge < -0.3 is 5.32 Å². The minimum atomic E-state index is 0.308. The Balaban J connectivity index is 2.03. The fourth-order valence-corrected chi connectivity index (χ4v) is 2.69. The number of nitrogens with zero attached hydrogens (tertiary/aromatic N) is 3. The van der Waals surface area contributed by atoms with E-state index >= 15 is 0 Å². The Kier molecular flexibility index (Phi) is 3.06. The van der Waals surface area contributed by atoms with Crippen LogP contribution in [0.25, 0.3) is 5.69 Å². The first-order valence-electron chi connectivity index (χ1n) is 6.15. The molecule has 2 heterocycles. The smallest absolute Gasteiger partial charge is 0.154 e. The van der Waals surface area contributed by atoms with Crippen LogP contribution in [-0.4, -0.2) is 21.3 Å². The standard InChI is InChI=1S/C13H15ClN4/c1-9-7-10(14)4-5-12(9)18-8-16-17-13(18)11-3-2-6-15-11/h4-5,7-8,11,15H,2-3,6H2,1H3. The lowest BCUT2D eigenvalue weighted by Crippen LogP contribution is -2.17. The number of aryl methyl sites for hydroxylation is 1. The molecular formula is C13H15ClN4. The fraction of sp³-hybridized carbons (Fsp3) is 0.385. The van der Waals surface area contributed by atoms with Crippen molar-refractivity contribution in [3.05, 3.63) is 40.9 Å². The zero-order valence-electron chi connectivity index (χ0n) is 10.2. The maximum atomic E-state index is 5.99. The summed E-state index contributed by atoms with van der Waals surface area (Å²) >= 11 is 5.99. The minimum Gasteiger partial charge on any atom is -0.307 e. The summed E-state index contributed by atoms with van der Waals surface area (Å²) in [5.74, 6) is 0.984. The molecule has 5 heteroatoms. The molecule has 0 bridgehead atoms. The predicted molar refractivity (Wildman–Crippen MR) is 71.1 cm³/mol. The van der Waals surface area contributed by atoms with Crippen molar-refractivity contribution in [2.24, 2.45) is 0 Å². The van der Waals surface area contributed by atoms with Gasteiger partial charge in [-0.1, -0.05) is 11.6 Å². The highest BCUT2D eigenvalue weighted by atomic mass is 35.5. The first-order chi connectivity index (χ1) is 8.75. The van der Waals surface area contributed by atoms with E-state index in [4.69, 9.17) is 11.6 Å². The second-order valence-electron chi connectivity index (χ2n) is 4.64. The van der Waals surface area contributed by atoms with Crippen LogP contribution >= 0.6 is 11.6 Å². The average molecular weight is 263 g/mol. The van der Waals surface area contributed by atoms with Gasteiger partial charge in [0.15, 0.2) is 5.82 Å². The SMILES string of the molecule is Cc1cc(Cl)ccc1-n1cnnc1C1CCCN1. The Morgan fingerprint density at radius 1 is 1.44 bits per heavy atom. The first-order valence-corrected chi connectivity index (χ1v) is 6.53. The van der Waals surface area contributed by atoms with Crippen molar-refractivity contribution in [1.29, 1.82) is 0 Å². The summed E-state index contributed by atoms with van der Waals surface area (Å²) < 4.78 is 2.05. The molecule has 1 aliphatic heterocycles. The lowest BCUT2D eigenvalue weighted by atomic mass is 10.1. The summed E-state index contributed by atoms with van der Waals surface area (Å²) in [6.45, 7) is 3.10. The van der Waals surface area contributed by atoms with Crippen LogP contribution in [0.2, 0.25) is 5.02 Å². The predicted octanol–water partition coefficient (Wildman–Crippen LogP) is 2.65. The highest BCUT2D eigenvalue weighted by Gasteiger charge is 2.22. The van der Waals surface area contributed by atoms with Crippen molar-refractivity contribution in [3.63, 3.8) is 0 Å². The topological polar surface area (TPSA) is 42.7 Å². The van der Waals surface area contributed by atoms with Crippen LogP contribution in [0.15, 0.2) is 24.5 Å². The maximum Gasteiger partial charge on any atom is 0.154 e. The quantitative estimate of drug-likeness (QED) is 0.905. The van der Waals surface area contributed by atoms with Crippen molar-refractivity contribution < 1.29 is 0 Å². The third-order valence-electron chi connectivity index (χ3n) is 3.36. The number of halogens is 1. The average Bonchev–Trinajstić information content (AvgIpc) is 2.98. The molecule has 4 nitrogen and oxygen atoms in total. The number of benzene rings is 1. The highest BCUT2D eigenvalue weighted by Crippen LogP contribution is 2.25. The molecule has 1 fully saturated rings. The summed E-state index contributed by atoms with van der Waals surface area (Å²) in [6.07, 6.45) is 4.08. The highest BCUT2D eigenvalue weighted by molar-refractivity contribution is 6.30. The van der Waals surface area contributed by atoms with Crippen LogP contribution in [0, 0.1) is 6.92 Å². The lowest BCUT2D eigenvalue weighted by molar-refractivity contribution is 0.592. The molecule has 1 saturated heterocycles. The van der Waals surface area contributed by atoms with Gasteiger partial charge >= 0.3 is 0 Å². The van der Waals surface area contributed by atoms with E-state index in [-0.39, 0.29) is 0 Å². The summed E-state index contributed by atoms with van der Waals surface area (Å²) in [4.78, 5) is 0. The van der Waals surface area contributed by atoms with Crippen LogP contribution in [0.1, 0.15) is 30.3 Å². The molecule has 1 atom stereocenters. The molecule has 1 aromatic heterocycles. The molecule has 1 aromatic carbocycles. The largest absolute Gasteiger partial charge is 0.307 e. The van der Waals surface area contributed by atoms with Crippen molar-refractivity contribution in [3.8, 4) is 5.69 Å². The monoisotopic (exact) mass is 262 g/mol. The number of hydrogen-bond acceptors (Lipinski definition) is 3. The Bertz CT molecular complexity index is 558. The van der Waals surface area contributed by atoms with E-state index in [1.165, 1.54) is 6.42 Å². The zero-order chi connectivity index (χ0) is 12.5. The van der Waals surface area contributed by atoms with Gasteiger partial charge in [0.05, 0.1) is 11.7 Å². The number of hydrogen-bond donors (Lipinski definition) is 1. The molecule has 2 aromatic rings. The van der Waals surface area contributed by atoms with Gasteiger partial charge in [-0.25, -0.2) is 0 Å². The lowest BCUT2D eigenvalue weighted by Gasteiger charge is -2.14. The van der Waals surface area contributed by atoms with E-state index in [2.05, 4.69) is 20.1 Å². The first kappa shape index (κ1) is 11.7. The van der Waals surface area contributed by atoms with Crippen LogP contribution in [0.4, 0.5) is 0 Å². The van der Waals surface area contributed by atoms with Gasteiger partial charge in [0.25, 0.3) is 0 Å². The van der Waals surface area contributed by atoms with Crippen LogP contribution in [0.3, 0.4) is 0 Å². The van der Waals surface area contributed by atoms with Crippen molar-refractivity contribution in [2.75, 3.05) is 6.54 Å². The van der Waals surface area contributed by atoms with Crippen LogP contribution in [-0.2, 0) is 0 Å². The van der Waals surface area contributed by atoms with E-state index in [1.807, 2.05) is 25.1 Å². The Morgan fingerprint density at radius 2 is 2.33 bits per heavy atom.